The second-order valence-corrected chi connectivity index (χ2v) is 6.11. The number of rotatable bonds is 7. The Morgan fingerprint density at radius 3 is 2.68 bits per heavy atom. The number of halogens is 2. The largest absolute Gasteiger partial charge is 0.492 e. The minimum atomic E-state index is 0.354. The summed E-state index contributed by atoms with van der Waals surface area (Å²) in [5.41, 5.74) is 1.08. The fraction of sp³-hybridized carbons (Fsp3) is 0.467. The first-order valence-electron chi connectivity index (χ1n) is 6.61. The highest BCUT2D eigenvalue weighted by Crippen LogP contribution is 2.33. The molecule has 1 atom stereocenters. The van der Waals surface area contributed by atoms with E-state index in [1.54, 1.807) is 0 Å². The maximum Gasteiger partial charge on any atom is 0.140 e. The Bertz CT molecular complexity index is 432. The fourth-order valence-electron chi connectivity index (χ4n) is 1.69. The van der Waals surface area contributed by atoms with E-state index in [0.717, 1.165) is 33.2 Å². The Morgan fingerprint density at radius 1 is 1.32 bits per heavy atom. The molecule has 0 fully saturated rings. The van der Waals surface area contributed by atoms with Crippen LogP contribution in [0, 0.1) is 0 Å². The fourth-order valence-corrected chi connectivity index (χ4v) is 3.06. The third-order valence-electron chi connectivity index (χ3n) is 2.61. The first-order chi connectivity index (χ1) is 9.08. The Balaban J connectivity index is 2.89. The normalized spacial score (nSPS) is 12.9. The number of hydrogen-bond acceptors (Lipinski definition) is 2. The van der Waals surface area contributed by atoms with Crippen molar-refractivity contribution in [2.45, 2.75) is 33.2 Å². The lowest BCUT2D eigenvalue weighted by Gasteiger charge is -2.12. The van der Waals surface area contributed by atoms with E-state index in [1.165, 1.54) is 0 Å². The van der Waals surface area contributed by atoms with Gasteiger partial charge in [-0.2, -0.15) is 0 Å². The average Bonchev–Trinajstić information content (AvgIpc) is 2.37. The summed E-state index contributed by atoms with van der Waals surface area (Å²) in [5, 5.41) is 3.43. The van der Waals surface area contributed by atoms with E-state index in [-0.39, 0.29) is 0 Å². The van der Waals surface area contributed by atoms with Gasteiger partial charge in [0.15, 0.2) is 0 Å². The molecule has 1 aromatic carbocycles. The van der Waals surface area contributed by atoms with Gasteiger partial charge in [0.25, 0.3) is 0 Å². The molecule has 0 radical (unpaired) electrons. The van der Waals surface area contributed by atoms with Crippen molar-refractivity contribution < 1.29 is 4.74 Å². The molecule has 106 valence electrons. The Hall–Kier alpha value is -0.320. The highest BCUT2D eigenvalue weighted by molar-refractivity contribution is 9.11. The summed E-state index contributed by atoms with van der Waals surface area (Å²) in [5.74, 6) is 0.893. The second-order valence-electron chi connectivity index (χ2n) is 4.34. The van der Waals surface area contributed by atoms with E-state index < -0.39 is 0 Å². The Kier molecular flexibility index (Phi) is 7.73. The highest BCUT2D eigenvalue weighted by Gasteiger charge is 2.08. The van der Waals surface area contributed by atoms with E-state index in [2.05, 4.69) is 69.2 Å². The quantitative estimate of drug-likeness (QED) is 0.706. The molecule has 1 rings (SSSR count). The van der Waals surface area contributed by atoms with Crippen molar-refractivity contribution in [1.29, 1.82) is 0 Å². The minimum Gasteiger partial charge on any atom is -0.492 e. The van der Waals surface area contributed by atoms with Gasteiger partial charge >= 0.3 is 0 Å². The van der Waals surface area contributed by atoms with Gasteiger partial charge in [-0.3, -0.25) is 0 Å². The lowest BCUT2D eigenvalue weighted by molar-refractivity contribution is 0.337. The summed E-state index contributed by atoms with van der Waals surface area (Å²) < 4.78 is 7.71. The van der Waals surface area contributed by atoms with Gasteiger partial charge in [0.2, 0.25) is 0 Å². The predicted octanol–water partition coefficient (Wildman–Crippen LogP) is 5.01. The average molecular weight is 391 g/mol. The smallest absolute Gasteiger partial charge is 0.140 e. The Morgan fingerprint density at radius 2 is 2.05 bits per heavy atom. The molecule has 0 spiro atoms. The molecule has 1 unspecified atom stereocenters. The molecule has 2 nitrogen and oxygen atoms in total. The third-order valence-corrected chi connectivity index (χ3v) is 3.65. The molecular formula is C15H21Br2NO. The van der Waals surface area contributed by atoms with Gasteiger partial charge in [-0.15, -0.1) is 0 Å². The molecule has 0 aliphatic heterocycles. The van der Waals surface area contributed by atoms with Crippen LogP contribution in [0.4, 0.5) is 0 Å². The van der Waals surface area contributed by atoms with Crippen molar-refractivity contribution in [3.8, 4) is 5.75 Å². The van der Waals surface area contributed by atoms with Crippen molar-refractivity contribution in [2.75, 3.05) is 13.2 Å². The first kappa shape index (κ1) is 16.7. The van der Waals surface area contributed by atoms with Crippen LogP contribution in [0.2, 0.25) is 0 Å². The molecular weight excluding hydrogens is 370 g/mol. The molecule has 0 heterocycles. The third kappa shape index (κ3) is 5.67. The summed E-state index contributed by atoms with van der Waals surface area (Å²) in [6.45, 7) is 8.01. The zero-order valence-corrected chi connectivity index (χ0v) is 14.8. The minimum absolute atomic E-state index is 0.354. The van der Waals surface area contributed by atoms with E-state index in [4.69, 9.17) is 4.74 Å². The molecule has 19 heavy (non-hydrogen) atoms. The van der Waals surface area contributed by atoms with Crippen molar-refractivity contribution in [1.82, 2.24) is 5.32 Å². The zero-order valence-electron chi connectivity index (χ0n) is 11.7. The molecule has 0 aliphatic rings. The van der Waals surface area contributed by atoms with Gasteiger partial charge in [-0.05, 0) is 54.9 Å². The van der Waals surface area contributed by atoms with Gasteiger partial charge in [-0.1, -0.05) is 35.0 Å². The van der Waals surface area contributed by atoms with Gasteiger partial charge in [0, 0.05) is 16.1 Å². The molecule has 1 aromatic rings. The molecule has 0 amide bonds. The van der Waals surface area contributed by atoms with Crippen LogP contribution in [0.5, 0.6) is 5.75 Å². The maximum atomic E-state index is 5.70. The van der Waals surface area contributed by atoms with E-state index >= 15 is 0 Å². The zero-order chi connectivity index (χ0) is 14.3. The van der Waals surface area contributed by atoms with E-state index in [1.807, 2.05) is 13.0 Å². The van der Waals surface area contributed by atoms with Crippen molar-refractivity contribution in [2.24, 2.45) is 0 Å². The predicted molar refractivity (Wildman–Crippen MR) is 89.8 cm³/mol. The van der Waals surface area contributed by atoms with Crippen molar-refractivity contribution in [3.63, 3.8) is 0 Å². The number of hydrogen-bond donors (Lipinski definition) is 1. The van der Waals surface area contributed by atoms with Gasteiger partial charge in [0.1, 0.15) is 5.75 Å². The summed E-state index contributed by atoms with van der Waals surface area (Å²) in [7, 11) is 0. The van der Waals surface area contributed by atoms with Crippen LogP contribution >= 0.6 is 31.9 Å². The standard InChI is InChI=1S/C15H21Br2NO/c1-4-8-18-11(3)6-7-12-9-13(16)10-14(17)15(12)19-5-2/h6-7,9-11,18H,4-5,8H2,1-3H3/b7-6+. The van der Waals surface area contributed by atoms with Gasteiger partial charge < -0.3 is 10.1 Å². The molecule has 0 saturated carbocycles. The monoisotopic (exact) mass is 389 g/mol. The summed E-state index contributed by atoms with van der Waals surface area (Å²) in [4.78, 5) is 0. The van der Waals surface area contributed by atoms with Crippen molar-refractivity contribution >= 4 is 37.9 Å². The topological polar surface area (TPSA) is 21.3 Å². The lowest BCUT2D eigenvalue weighted by Crippen LogP contribution is -2.24. The van der Waals surface area contributed by atoms with Crippen LogP contribution in [0.25, 0.3) is 6.08 Å². The number of benzene rings is 1. The first-order valence-corrected chi connectivity index (χ1v) is 8.20. The summed E-state index contributed by atoms with van der Waals surface area (Å²) in [6.07, 6.45) is 5.41. The molecule has 0 bridgehead atoms. The molecule has 0 aliphatic carbocycles. The van der Waals surface area contributed by atoms with Crippen LogP contribution in [0.15, 0.2) is 27.2 Å². The van der Waals surface area contributed by atoms with Crippen molar-refractivity contribution in [3.05, 3.63) is 32.7 Å². The van der Waals surface area contributed by atoms with Crippen LogP contribution < -0.4 is 10.1 Å². The van der Waals surface area contributed by atoms with Gasteiger partial charge in [-0.25, -0.2) is 0 Å². The molecule has 1 N–H and O–H groups in total. The second kappa shape index (κ2) is 8.77. The SMILES string of the molecule is CCCNC(C)/C=C/c1cc(Br)cc(Br)c1OCC. The maximum absolute atomic E-state index is 5.70. The van der Waals surface area contributed by atoms with Crippen LogP contribution in [0.1, 0.15) is 32.8 Å². The van der Waals surface area contributed by atoms with E-state index in [9.17, 15) is 0 Å². The molecule has 0 saturated heterocycles. The Labute approximate surface area is 132 Å². The van der Waals surface area contributed by atoms with Crippen LogP contribution in [0.3, 0.4) is 0 Å². The van der Waals surface area contributed by atoms with E-state index in [0.29, 0.717) is 12.6 Å². The highest BCUT2D eigenvalue weighted by atomic mass is 79.9. The summed E-state index contributed by atoms with van der Waals surface area (Å²) >= 11 is 7.06. The summed E-state index contributed by atoms with van der Waals surface area (Å²) in [6, 6.07) is 4.42. The number of nitrogens with one attached hydrogen (secondary N) is 1. The molecule has 4 heteroatoms. The van der Waals surface area contributed by atoms with Crippen LogP contribution in [-0.2, 0) is 0 Å². The van der Waals surface area contributed by atoms with Gasteiger partial charge in [0.05, 0.1) is 11.1 Å². The number of ether oxygens (including phenoxy) is 1. The lowest BCUT2D eigenvalue weighted by atomic mass is 10.1. The van der Waals surface area contributed by atoms with Crippen LogP contribution in [-0.4, -0.2) is 19.2 Å². The molecule has 0 aromatic heterocycles.